The van der Waals surface area contributed by atoms with E-state index in [4.69, 9.17) is 9.47 Å². The summed E-state index contributed by atoms with van der Waals surface area (Å²) in [6.45, 7) is 0. The molecule has 1 aromatic heterocycles. The Bertz CT molecular complexity index is 856. The molecule has 0 aliphatic carbocycles. The molecule has 0 saturated carbocycles. The van der Waals surface area contributed by atoms with Crippen molar-refractivity contribution >= 4 is 11.6 Å². The SMILES string of the molecule is COc1ccc(C(=O)c2nccnc2C(=O)c2ccc(OC)cc2)cc1. The molecule has 0 N–H and O–H groups in total. The van der Waals surface area contributed by atoms with E-state index in [-0.39, 0.29) is 23.0 Å². The fourth-order valence-corrected chi connectivity index (χ4v) is 2.43. The predicted octanol–water partition coefficient (Wildman–Crippen LogP) is 2.96. The largest absolute Gasteiger partial charge is 0.497 e. The van der Waals surface area contributed by atoms with E-state index in [1.165, 1.54) is 12.4 Å². The van der Waals surface area contributed by atoms with Crippen LogP contribution in [0.2, 0.25) is 0 Å². The van der Waals surface area contributed by atoms with Gasteiger partial charge in [-0.25, -0.2) is 9.97 Å². The van der Waals surface area contributed by atoms with Gasteiger partial charge in [0.1, 0.15) is 22.9 Å². The highest BCUT2D eigenvalue weighted by atomic mass is 16.5. The first-order valence-electron chi connectivity index (χ1n) is 7.82. The van der Waals surface area contributed by atoms with Crippen molar-refractivity contribution < 1.29 is 19.1 Å². The van der Waals surface area contributed by atoms with Gasteiger partial charge in [0.2, 0.25) is 11.6 Å². The highest BCUT2D eigenvalue weighted by Crippen LogP contribution is 2.19. The number of carbonyl (C=O) groups is 2. The van der Waals surface area contributed by atoms with E-state index in [9.17, 15) is 9.59 Å². The molecule has 3 aromatic rings. The van der Waals surface area contributed by atoms with Crippen molar-refractivity contribution in [2.45, 2.75) is 0 Å². The van der Waals surface area contributed by atoms with Crippen molar-refractivity contribution in [3.8, 4) is 11.5 Å². The van der Waals surface area contributed by atoms with E-state index in [0.717, 1.165) is 0 Å². The van der Waals surface area contributed by atoms with Crippen molar-refractivity contribution in [2.24, 2.45) is 0 Å². The summed E-state index contributed by atoms with van der Waals surface area (Å²) in [6, 6.07) is 13.2. The molecule has 0 unspecified atom stereocenters. The van der Waals surface area contributed by atoms with E-state index < -0.39 is 0 Å². The number of aromatic nitrogens is 2. The van der Waals surface area contributed by atoms with E-state index in [1.807, 2.05) is 0 Å². The number of hydrogen-bond acceptors (Lipinski definition) is 6. The van der Waals surface area contributed by atoms with Crippen LogP contribution in [0.1, 0.15) is 32.1 Å². The highest BCUT2D eigenvalue weighted by molar-refractivity contribution is 6.17. The molecule has 0 atom stereocenters. The van der Waals surface area contributed by atoms with Crippen LogP contribution in [0.15, 0.2) is 60.9 Å². The van der Waals surface area contributed by atoms with Crippen LogP contribution in [0, 0.1) is 0 Å². The van der Waals surface area contributed by atoms with Crippen LogP contribution in [0.25, 0.3) is 0 Å². The van der Waals surface area contributed by atoms with Gasteiger partial charge in [-0.05, 0) is 48.5 Å². The Morgan fingerprint density at radius 2 is 1.00 bits per heavy atom. The molecule has 0 amide bonds. The summed E-state index contributed by atoms with van der Waals surface area (Å²) >= 11 is 0. The quantitative estimate of drug-likeness (QED) is 0.637. The van der Waals surface area contributed by atoms with E-state index in [2.05, 4.69) is 9.97 Å². The Hall–Kier alpha value is -3.54. The van der Waals surface area contributed by atoms with E-state index >= 15 is 0 Å². The monoisotopic (exact) mass is 348 g/mol. The van der Waals surface area contributed by atoms with Crippen molar-refractivity contribution in [3.05, 3.63) is 83.4 Å². The van der Waals surface area contributed by atoms with Crippen LogP contribution < -0.4 is 9.47 Å². The second-order valence-corrected chi connectivity index (χ2v) is 5.37. The summed E-state index contributed by atoms with van der Waals surface area (Å²) in [7, 11) is 3.09. The van der Waals surface area contributed by atoms with Crippen molar-refractivity contribution in [1.82, 2.24) is 9.97 Å². The molecule has 0 spiro atoms. The van der Waals surface area contributed by atoms with Crippen molar-refractivity contribution in [1.29, 1.82) is 0 Å². The third-order valence-corrected chi connectivity index (χ3v) is 3.83. The minimum Gasteiger partial charge on any atom is -0.497 e. The molecule has 6 heteroatoms. The number of ether oxygens (including phenoxy) is 2. The zero-order valence-corrected chi connectivity index (χ0v) is 14.3. The van der Waals surface area contributed by atoms with Gasteiger partial charge in [0.05, 0.1) is 14.2 Å². The van der Waals surface area contributed by atoms with Gasteiger partial charge in [0.25, 0.3) is 0 Å². The second kappa shape index (κ2) is 7.57. The van der Waals surface area contributed by atoms with Crippen LogP contribution in [-0.4, -0.2) is 35.8 Å². The molecule has 0 saturated heterocycles. The number of nitrogens with zero attached hydrogens (tertiary/aromatic N) is 2. The van der Waals surface area contributed by atoms with Gasteiger partial charge in [-0.1, -0.05) is 0 Å². The molecule has 26 heavy (non-hydrogen) atoms. The topological polar surface area (TPSA) is 78.4 Å². The van der Waals surface area contributed by atoms with Crippen LogP contribution >= 0.6 is 0 Å². The number of rotatable bonds is 6. The van der Waals surface area contributed by atoms with Gasteiger partial charge in [0.15, 0.2) is 0 Å². The molecular formula is C20H16N2O4. The lowest BCUT2D eigenvalue weighted by atomic mass is 10.0. The summed E-state index contributed by atoms with van der Waals surface area (Å²) in [5.41, 5.74) is 0.821. The Morgan fingerprint density at radius 1 is 0.654 bits per heavy atom. The maximum Gasteiger partial charge on any atom is 0.213 e. The van der Waals surface area contributed by atoms with Crippen molar-refractivity contribution in [2.75, 3.05) is 14.2 Å². The van der Waals surface area contributed by atoms with Gasteiger partial charge in [0, 0.05) is 23.5 Å². The second-order valence-electron chi connectivity index (χ2n) is 5.37. The maximum atomic E-state index is 12.8. The van der Waals surface area contributed by atoms with Crippen LogP contribution in [0.4, 0.5) is 0 Å². The Kier molecular flexibility index (Phi) is 5.03. The molecule has 2 aromatic carbocycles. The van der Waals surface area contributed by atoms with Gasteiger partial charge in [-0.15, -0.1) is 0 Å². The lowest BCUT2D eigenvalue weighted by Crippen LogP contribution is -2.15. The Balaban J connectivity index is 1.96. The lowest BCUT2D eigenvalue weighted by molar-refractivity contribution is 0.0995. The Morgan fingerprint density at radius 3 is 1.31 bits per heavy atom. The first kappa shape index (κ1) is 17.3. The molecule has 0 radical (unpaired) electrons. The highest BCUT2D eigenvalue weighted by Gasteiger charge is 2.22. The summed E-state index contributed by atoms with van der Waals surface area (Å²) in [4.78, 5) is 33.8. The molecule has 1 heterocycles. The first-order chi connectivity index (χ1) is 12.6. The summed E-state index contributed by atoms with van der Waals surface area (Å²) in [5, 5.41) is 0. The number of hydrogen-bond donors (Lipinski definition) is 0. The molecule has 0 bridgehead atoms. The predicted molar refractivity (Wildman–Crippen MR) is 94.9 cm³/mol. The van der Waals surface area contributed by atoms with Gasteiger partial charge >= 0.3 is 0 Å². The summed E-state index contributed by atoms with van der Waals surface area (Å²) in [6.07, 6.45) is 2.78. The average Bonchev–Trinajstić information content (AvgIpc) is 2.73. The van der Waals surface area contributed by atoms with E-state index in [0.29, 0.717) is 22.6 Å². The zero-order chi connectivity index (χ0) is 18.5. The van der Waals surface area contributed by atoms with Gasteiger partial charge in [-0.2, -0.15) is 0 Å². The van der Waals surface area contributed by atoms with Crippen molar-refractivity contribution in [3.63, 3.8) is 0 Å². The molecule has 0 fully saturated rings. The average molecular weight is 348 g/mol. The minimum absolute atomic E-state index is 0.0125. The molecule has 0 aliphatic rings. The number of benzene rings is 2. The van der Waals surface area contributed by atoms with Gasteiger partial charge in [-0.3, -0.25) is 9.59 Å². The molecular weight excluding hydrogens is 332 g/mol. The maximum absolute atomic E-state index is 12.8. The van der Waals surface area contributed by atoms with E-state index in [1.54, 1.807) is 62.8 Å². The molecule has 3 rings (SSSR count). The summed E-state index contributed by atoms with van der Waals surface area (Å²) in [5.74, 6) is 0.515. The van der Waals surface area contributed by atoms with Crippen LogP contribution in [0.3, 0.4) is 0 Å². The van der Waals surface area contributed by atoms with Crippen LogP contribution in [0.5, 0.6) is 11.5 Å². The molecule has 130 valence electrons. The third-order valence-electron chi connectivity index (χ3n) is 3.83. The number of ketones is 2. The zero-order valence-electron chi connectivity index (χ0n) is 14.3. The standard InChI is InChI=1S/C20H16N2O4/c1-25-15-7-3-13(4-8-15)19(23)17-18(22-12-11-21-17)20(24)14-5-9-16(26-2)10-6-14/h3-12H,1-2H3. The normalized spacial score (nSPS) is 10.2. The summed E-state index contributed by atoms with van der Waals surface area (Å²) < 4.78 is 10.2. The van der Waals surface area contributed by atoms with Crippen LogP contribution in [-0.2, 0) is 0 Å². The fraction of sp³-hybridized carbons (Fsp3) is 0.100. The number of methoxy groups -OCH3 is 2. The van der Waals surface area contributed by atoms with Gasteiger partial charge < -0.3 is 9.47 Å². The minimum atomic E-state index is -0.377. The fourth-order valence-electron chi connectivity index (χ4n) is 2.43. The molecule has 6 nitrogen and oxygen atoms in total. The Labute approximate surface area is 150 Å². The first-order valence-corrected chi connectivity index (χ1v) is 7.82. The third kappa shape index (κ3) is 3.44. The smallest absolute Gasteiger partial charge is 0.213 e. The molecule has 0 aliphatic heterocycles. The number of carbonyl (C=O) groups excluding carboxylic acids is 2. The lowest BCUT2D eigenvalue weighted by Gasteiger charge is -2.07.